The van der Waals surface area contributed by atoms with Gasteiger partial charge in [0.15, 0.2) is 5.69 Å². The molecule has 0 bridgehead atoms. The monoisotopic (exact) mass is 397 g/mol. The first-order chi connectivity index (χ1) is 13.8. The van der Waals surface area contributed by atoms with E-state index in [1.165, 1.54) is 6.92 Å². The Labute approximate surface area is 170 Å². The van der Waals surface area contributed by atoms with Gasteiger partial charge in [-0.15, -0.1) is 0 Å². The Kier molecular flexibility index (Phi) is 6.00. The predicted molar refractivity (Wildman–Crippen MR) is 109 cm³/mol. The zero-order valence-corrected chi connectivity index (χ0v) is 17.3. The van der Waals surface area contributed by atoms with Crippen LogP contribution >= 0.6 is 0 Å². The van der Waals surface area contributed by atoms with Gasteiger partial charge in [-0.2, -0.15) is 5.10 Å². The summed E-state index contributed by atoms with van der Waals surface area (Å²) in [5, 5.41) is 10.0. The van der Waals surface area contributed by atoms with Gasteiger partial charge < -0.3 is 15.5 Å². The van der Waals surface area contributed by atoms with Gasteiger partial charge in [0.25, 0.3) is 11.8 Å². The molecule has 2 N–H and O–H groups in total. The van der Waals surface area contributed by atoms with Crippen molar-refractivity contribution in [2.45, 2.75) is 40.3 Å². The van der Waals surface area contributed by atoms with Gasteiger partial charge in [-0.05, 0) is 26.0 Å². The summed E-state index contributed by atoms with van der Waals surface area (Å²) < 4.78 is 1.78. The second kappa shape index (κ2) is 8.46. The highest BCUT2D eigenvalue weighted by atomic mass is 16.2. The van der Waals surface area contributed by atoms with Crippen molar-refractivity contribution in [1.82, 2.24) is 25.3 Å². The Balaban J connectivity index is 1.73. The number of fused-ring (bicyclic) bond motifs is 1. The molecule has 1 aromatic heterocycles. The van der Waals surface area contributed by atoms with Crippen LogP contribution in [0.25, 0.3) is 0 Å². The van der Waals surface area contributed by atoms with Crippen LogP contribution in [0, 0.1) is 13.8 Å². The number of nitrogens with zero attached hydrogens (tertiary/aromatic N) is 3. The summed E-state index contributed by atoms with van der Waals surface area (Å²) >= 11 is 0. The molecule has 0 saturated heterocycles. The Morgan fingerprint density at radius 1 is 1.10 bits per heavy atom. The largest absolute Gasteiger partial charge is 0.354 e. The fraction of sp³-hybridized carbons (Fsp3) is 0.429. The number of aromatic nitrogens is 2. The third kappa shape index (κ3) is 4.47. The summed E-state index contributed by atoms with van der Waals surface area (Å²) in [6.07, 6.45) is 0.629. The van der Waals surface area contributed by atoms with Crippen LogP contribution in [0.1, 0.15) is 50.2 Å². The summed E-state index contributed by atoms with van der Waals surface area (Å²) in [6.45, 7) is 7.27. The van der Waals surface area contributed by atoms with Crippen molar-refractivity contribution in [3.63, 3.8) is 0 Å². The number of benzene rings is 1. The minimum atomic E-state index is -0.273. The molecule has 0 saturated carbocycles. The minimum absolute atomic E-state index is 0.0213. The Bertz CT molecular complexity index is 943. The molecule has 154 valence electrons. The van der Waals surface area contributed by atoms with Crippen molar-refractivity contribution in [1.29, 1.82) is 0 Å². The number of carbonyl (C=O) groups is 3. The van der Waals surface area contributed by atoms with Crippen LogP contribution in [0.15, 0.2) is 18.2 Å². The van der Waals surface area contributed by atoms with E-state index < -0.39 is 0 Å². The maximum absolute atomic E-state index is 12.5. The van der Waals surface area contributed by atoms with E-state index in [4.69, 9.17) is 0 Å². The Hall–Kier alpha value is -3.16. The van der Waals surface area contributed by atoms with Gasteiger partial charge in [0.2, 0.25) is 5.91 Å². The standard InChI is InChI=1S/C21H27N5O3/c1-13-9-14(2)11-16(10-13)20(28)23-6-8-26-18-5-7-25(15(3)27)12-17(18)19(24-26)21(29)22-4/h9-11H,5-8,12H2,1-4H3,(H,22,29)(H,23,28). The maximum Gasteiger partial charge on any atom is 0.271 e. The second-order valence-electron chi connectivity index (χ2n) is 7.40. The van der Waals surface area contributed by atoms with Crippen LogP contribution in [0.4, 0.5) is 0 Å². The van der Waals surface area contributed by atoms with E-state index in [1.807, 2.05) is 32.0 Å². The summed E-state index contributed by atoms with van der Waals surface area (Å²) in [4.78, 5) is 38.2. The third-order valence-electron chi connectivity index (χ3n) is 5.11. The normalized spacial score (nSPS) is 13.0. The summed E-state index contributed by atoms with van der Waals surface area (Å²) in [6, 6.07) is 5.74. The van der Waals surface area contributed by atoms with E-state index in [0.717, 1.165) is 22.4 Å². The van der Waals surface area contributed by atoms with E-state index in [9.17, 15) is 14.4 Å². The first kappa shape index (κ1) is 20.6. The molecule has 2 aromatic rings. The third-order valence-corrected chi connectivity index (χ3v) is 5.11. The van der Waals surface area contributed by atoms with Gasteiger partial charge in [0.1, 0.15) is 0 Å². The molecule has 0 fully saturated rings. The lowest BCUT2D eigenvalue weighted by Crippen LogP contribution is -2.36. The summed E-state index contributed by atoms with van der Waals surface area (Å²) in [5.74, 6) is -0.427. The smallest absolute Gasteiger partial charge is 0.271 e. The van der Waals surface area contributed by atoms with Gasteiger partial charge >= 0.3 is 0 Å². The lowest BCUT2D eigenvalue weighted by Gasteiger charge is -2.26. The van der Waals surface area contributed by atoms with Crippen molar-refractivity contribution in [3.05, 3.63) is 51.8 Å². The zero-order chi connectivity index (χ0) is 21.1. The highest BCUT2D eigenvalue weighted by molar-refractivity contribution is 5.95. The number of aryl methyl sites for hydroxylation is 2. The van der Waals surface area contributed by atoms with E-state index >= 15 is 0 Å². The molecule has 2 heterocycles. The number of nitrogens with one attached hydrogen (secondary N) is 2. The molecule has 1 aromatic carbocycles. The highest BCUT2D eigenvalue weighted by Crippen LogP contribution is 2.23. The number of hydrogen-bond acceptors (Lipinski definition) is 4. The first-order valence-corrected chi connectivity index (χ1v) is 9.72. The average molecular weight is 397 g/mol. The molecule has 0 radical (unpaired) electrons. The zero-order valence-electron chi connectivity index (χ0n) is 17.3. The van der Waals surface area contributed by atoms with Gasteiger partial charge in [-0.1, -0.05) is 17.2 Å². The van der Waals surface area contributed by atoms with E-state index in [0.29, 0.717) is 43.9 Å². The Morgan fingerprint density at radius 3 is 2.41 bits per heavy atom. The van der Waals surface area contributed by atoms with Crippen molar-refractivity contribution < 1.29 is 14.4 Å². The molecule has 0 aliphatic carbocycles. The van der Waals surface area contributed by atoms with Crippen molar-refractivity contribution >= 4 is 17.7 Å². The second-order valence-corrected chi connectivity index (χ2v) is 7.40. The first-order valence-electron chi connectivity index (χ1n) is 9.72. The molecule has 0 atom stereocenters. The molecular weight excluding hydrogens is 370 g/mol. The van der Waals surface area contributed by atoms with E-state index in [-0.39, 0.29) is 17.7 Å². The number of carbonyl (C=O) groups excluding carboxylic acids is 3. The summed E-state index contributed by atoms with van der Waals surface area (Å²) in [7, 11) is 1.56. The molecule has 1 aliphatic rings. The van der Waals surface area contributed by atoms with Crippen molar-refractivity contribution in [3.8, 4) is 0 Å². The summed E-state index contributed by atoms with van der Waals surface area (Å²) in [5.41, 5.74) is 4.79. The lowest BCUT2D eigenvalue weighted by molar-refractivity contribution is -0.129. The van der Waals surface area contributed by atoms with Crippen LogP contribution in [0.3, 0.4) is 0 Å². The highest BCUT2D eigenvalue weighted by Gasteiger charge is 2.28. The molecule has 8 heteroatoms. The van der Waals surface area contributed by atoms with Crippen molar-refractivity contribution in [2.75, 3.05) is 20.1 Å². The van der Waals surface area contributed by atoms with Crippen molar-refractivity contribution in [2.24, 2.45) is 0 Å². The van der Waals surface area contributed by atoms with Crippen LogP contribution in [-0.4, -0.2) is 52.5 Å². The molecule has 8 nitrogen and oxygen atoms in total. The maximum atomic E-state index is 12.5. The number of rotatable bonds is 5. The molecule has 3 rings (SSSR count). The average Bonchev–Trinajstić information content (AvgIpc) is 3.04. The lowest BCUT2D eigenvalue weighted by atomic mass is 10.0. The van der Waals surface area contributed by atoms with E-state index in [1.54, 1.807) is 16.6 Å². The van der Waals surface area contributed by atoms with Crippen LogP contribution in [-0.2, 0) is 24.3 Å². The molecule has 0 unspecified atom stereocenters. The van der Waals surface area contributed by atoms with Gasteiger partial charge in [0.05, 0.1) is 6.54 Å². The minimum Gasteiger partial charge on any atom is -0.354 e. The molecule has 3 amide bonds. The fourth-order valence-corrected chi connectivity index (χ4v) is 3.73. The topological polar surface area (TPSA) is 96.3 Å². The molecular formula is C21H27N5O3. The molecule has 29 heavy (non-hydrogen) atoms. The van der Waals surface area contributed by atoms with Crippen LogP contribution in [0.5, 0.6) is 0 Å². The molecule has 0 spiro atoms. The predicted octanol–water partition coefficient (Wildman–Crippen LogP) is 1.19. The van der Waals surface area contributed by atoms with Gasteiger partial charge in [-0.25, -0.2) is 0 Å². The SMILES string of the molecule is CNC(=O)c1nn(CCNC(=O)c2cc(C)cc(C)c2)c2c1CN(C(C)=O)CC2. The quantitative estimate of drug-likeness (QED) is 0.792. The van der Waals surface area contributed by atoms with Crippen LogP contribution < -0.4 is 10.6 Å². The van der Waals surface area contributed by atoms with Gasteiger partial charge in [-0.3, -0.25) is 19.1 Å². The van der Waals surface area contributed by atoms with Crippen LogP contribution in [0.2, 0.25) is 0 Å². The molecule has 1 aliphatic heterocycles. The Morgan fingerprint density at radius 2 is 1.79 bits per heavy atom. The van der Waals surface area contributed by atoms with E-state index in [2.05, 4.69) is 15.7 Å². The number of hydrogen-bond donors (Lipinski definition) is 2. The fourth-order valence-electron chi connectivity index (χ4n) is 3.73. The number of amides is 3. The van der Waals surface area contributed by atoms with Gasteiger partial charge in [0, 0.05) is 56.8 Å².